The first-order chi connectivity index (χ1) is 9.20. The van der Waals surface area contributed by atoms with Crippen LogP contribution in [0.5, 0.6) is 5.75 Å². The maximum atomic E-state index is 6.08. The Morgan fingerprint density at radius 1 is 1.35 bits per heavy atom. The predicted octanol–water partition coefficient (Wildman–Crippen LogP) is 3.27. The number of methoxy groups -OCH3 is 1. The number of nitrogens with zero attached hydrogens (tertiary/aromatic N) is 2. The van der Waals surface area contributed by atoms with Gasteiger partial charge in [-0.25, -0.2) is 4.99 Å². The highest BCUT2D eigenvalue weighted by atomic mass is 127. The number of rotatable bonds is 3. The number of guanidine groups is 1. The lowest BCUT2D eigenvalue weighted by atomic mass is 10.1. The molecule has 1 heterocycles. The molecular weight excluding hydrogens is 389 g/mol. The molecule has 0 amide bonds. The minimum Gasteiger partial charge on any atom is -0.495 e. The van der Waals surface area contributed by atoms with Gasteiger partial charge in [-0.3, -0.25) is 0 Å². The summed E-state index contributed by atoms with van der Waals surface area (Å²) in [7, 11) is 1.60. The summed E-state index contributed by atoms with van der Waals surface area (Å²) in [6, 6.07) is 5.68. The summed E-state index contributed by atoms with van der Waals surface area (Å²) < 4.78 is 5.12. The Kier molecular flexibility index (Phi) is 7.43. The summed E-state index contributed by atoms with van der Waals surface area (Å²) >= 11 is 6.08. The predicted molar refractivity (Wildman–Crippen MR) is 94.2 cm³/mol. The van der Waals surface area contributed by atoms with Crippen LogP contribution in [0.1, 0.15) is 24.8 Å². The van der Waals surface area contributed by atoms with Gasteiger partial charge in [0.15, 0.2) is 5.96 Å². The number of hydrogen-bond acceptors (Lipinski definition) is 2. The molecule has 2 N–H and O–H groups in total. The fraction of sp³-hybridized carbons (Fsp3) is 0.500. The minimum atomic E-state index is 0. The molecular formula is C14H21ClIN3O. The number of ether oxygens (including phenoxy) is 1. The van der Waals surface area contributed by atoms with Crippen molar-refractivity contribution in [1.29, 1.82) is 0 Å². The maximum absolute atomic E-state index is 6.08. The summed E-state index contributed by atoms with van der Waals surface area (Å²) in [5, 5.41) is 0.603. The molecule has 0 aliphatic carbocycles. The average Bonchev–Trinajstić information content (AvgIpc) is 2.46. The smallest absolute Gasteiger partial charge is 0.191 e. The van der Waals surface area contributed by atoms with Crippen molar-refractivity contribution in [3.05, 3.63) is 28.8 Å². The van der Waals surface area contributed by atoms with E-state index in [1.165, 1.54) is 19.3 Å². The Bertz CT molecular complexity index is 462. The molecule has 0 saturated carbocycles. The van der Waals surface area contributed by atoms with E-state index in [9.17, 15) is 0 Å². The summed E-state index contributed by atoms with van der Waals surface area (Å²) in [6.45, 7) is 2.57. The number of likely N-dealkylation sites (tertiary alicyclic amines) is 1. The van der Waals surface area contributed by atoms with E-state index in [1.807, 2.05) is 18.2 Å². The zero-order chi connectivity index (χ0) is 13.7. The Morgan fingerprint density at radius 3 is 2.65 bits per heavy atom. The van der Waals surface area contributed by atoms with Crippen molar-refractivity contribution in [1.82, 2.24) is 4.90 Å². The van der Waals surface area contributed by atoms with Gasteiger partial charge in [-0.05, 0) is 37.0 Å². The van der Waals surface area contributed by atoms with Gasteiger partial charge in [0.1, 0.15) is 5.75 Å². The van der Waals surface area contributed by atoms with E-state index in [-0.39, 0.29) is 24.0 Å². The molecule has 1 aliphatic heterocycles. The normalized spacial score (nSPS) is 15.7. The van der Waals surface area contributed by atoms with Gasteiger partial charge in [-0.15, -0.1) is 24.0 Å². The molecule has 6 heteroatoms. The number of piperidine rings is 1. The van der Waals surface area contributed by atoms with Crippen LogP contribution in [0, 0.1) is 0 Å². The summed E-state index contributed by atoms with van der Waals surface area (Å²) in [4.78, 5) is 6.58. The number of aliphatic imine (C=N–C) groups is 1. The first kappa shape index (κ1) is 17.4. The van der Waals surface area contributed by atoms with Crippen LogP contribution in [-0.4, -0.2) is 31.1 Å². The van der Waals surface area contributed by atoms with Gasteiger partial charge in [0, 0.05) is 13.1 Å². The molecule has 0 radical (unpaired) electrons. The molecule has 1 saturated heterocycles. The highest BCUT2D eigenvalue weighted by Gasteiger charge is 2.11. The van der Waals surface area contributed by atoms with Gasteiger partial charge in [-0.2, -0.15) is 0 Å². The van der Waals surface area contributed by atoms with Gasteiger partial charge >= 0.3 is 0 Å². The van der Waals surface area contributed by atoms with Gasteiger partial charge in [0.25, 0.3) is 0 Å². The molecule has 0 aromatic heterocycles. The zero-order valence-electron chi connectivity index (χ0n) is 11.6. The average molecular weight is 410 g/mol. The van der Waals surface area contributed by atoms with Crippen LogP contribution in [0.15, 0.2) is 23.2 Å². The second-order valence-corrected chi connectivity index (χ2v) is 5.10. The molecule has 112 valence electrons. The van der Waals surface area contributed by atoms with Gasteiger partial charge < -0.3 is 15.4 Å². The molecule has 0 atom stereocenters. The van der Waals surface area contributed by atoms with Crippen LogP contribution in [0.3, 0.4) is 0 Å². The lowest BCUT2D eigenvalue weighted by Gasteiger charge is -2.27. The molecule has 1 aliphatic rings. The van der Waals surface area contributed by atoms with Crippen LogP contribution in [0.4, 0.5) is 0 Å². The molecule has 1 fully saturated rings. The van der Waals surface area contributed by atoms with Crippen molar-refractivity contribution in [2.24, 2.45) is 10.7 Å². The largest absolute Gasteiger partial charge is 0.495 e. The van der Waals surface area contributed by atoms with Gasteiger partial charge in [0.05, 0.1) is 18.7 Å². The third kappa shape index (κ3) is 4.70. The molecule has 0 spiro atoms. The number of benzene rings is 1. The Labute approximate surface area is 142 Å². The fourth-order valence-electron chi connectivity index (χ4n) is 2.20. The van der Waals surface area contributed by atoms with Crippen molar-refractivity contribution in [2.75, 3.05) is 20.2 Å². The SMILES string of the molecule is COc1ccc(CN=C(N)N2CCCCC2)cc1Cl.I. The van der Waals surface area contributed by atoms with E-state index >= 15 is 0 Å². The highest BCUT2D eigenvalue weighted by molar-refractivity contribution is 14.0. The lowest BCUT2D eigenvalue weighted by molar-refractivity contribution is 0.338. The van der Waals surface area contributed by atoms with Crippen LogP contribution in [-0.2, 0) is 6.54 Å². The summed E-state index contributed by atoms with van der Waals surface area (Å²) in [6.07, 6.45) is 3.69. The second kappa shape index (κ2) is 8.56. The molecule has 4 nitrogen and oxygen atoms in total. The van der Waals surface area contributed by atoms with Crippen molar-refractivity contribution in [2.45, 2.75) is 25.8 Å². The quantitative estimate of drug-likeness (QED) is 0.473. The van der Waals surface area contributed by atoms with Crippen LogP contribution in [0.25, 0.3) is 0 Å². The van der Waals surface area contributed by atoms with E-state index in [0.717, 1.165) is 18.7 Å². The lowest BCUT2D eigenvalue weighted by Crippen LogP contribution is -2.40. The second-order valence-electron chi connectivity index (χ2n) is 4.69. The van der Waals surface area contributed by atoms with Crippen molar-refractivity contribution in [3.63, 3.8) is 0 Å². The molecule has 0 unspecified atom stereocenters. The molecule has 0 bridgehead atoms. The van der Waals surface area contributed by atoms with E-state index in [4.69, 9.17) is 22.1 Å². The van der Waals surface area contributed by atoms with E-state index in [0.29, 0.717) is 23.3 Å². The Hall–Kier alpha value is -0.690. The molecule has 2 rings (SSSR count). The first-order valence-corrected chi connectivity index (χ1v) is 6.96. The summed E-state index contributed by atoms with van der Waals surface area (Å²) in [5.41, 5.74) is 7.04. The van der Waals surface area contributed by atoms with Crippen molar-refractivity contribution < 1.29 is 4.74 Å². The fourth-order valence-corrected chi connectivity index (χ4v) is 2.48. The Balaban J connectivity index is 0.00000200. The van der Waals surface area contributed by atoms with Crippen molar-refractivity contribution in [3.8, 4) is 5.75 Å². The van der Waals surface area contributed by atoms with E-state index in [2.05, 4.69) is 9.89 Å². The monoisotopic (exact) mass is 409 g/mol. The molecule has 1 aromatic rings. The Morgan fingerprint density at radius 2 is 2.05 bits per heavy atom. The van der Waals surface area contributed by atoms with Crippen LogP contribution < -0.4 is 10.5 Å². The van der Waals surface area contributed by atoms with Crippen LogP contribution >= 0.6 is 35.6 Å². The highest BCUT2D eigenvalue weighted by Crippen LogP contribution is 2.25. The number of halogens is 2. The summed E-state index contributed by atoms with van der Waals surface area (Å²) in [5.74, 6) is 1.31. The molecule has 20 heavy (non-hydrogen) atoms. The number of nitrogens with two attached hydrogens (primary N) is 1. The zero-order valence-corrected chi connectivity index (χ0v) is 14.7. The van der Waals surface area contributed by atoms with Crippen molar-refractivity contribution >= 4 is 41.5 Å². The number of hydrogen-bond donors (Lipinski definition) is 1. The van der Waals surface area contributed by atoms with E-state index < -0.39 is 0 Å². The van der Waals surface area contributed by atoms with E-state index in [1.54, 1.807) is 7.11 Å². The third-order valence-electron chi connectivity index (χ3n) is 3.32. The minimum absolute atomic E-state index is 0. The third-order valence-corrected chi connectivity index (χ3v) is 3.62. The first-order valence-electron chi connectivity index (χ1n) is 6.58. The standard InChI is InChI=1S/C14H20ClN3O.HI/c1-19-13-6-5-11(9-12(13)15)10-17-14(16)18-7-3-2-4-8-18;/h5-6,9H,2-4,7-8,10H2,1H3,(H2,16,17);1H. The van der Waals surface area contributed by atoms with Crippen LogP contribution in [0.2, 0.25) is 5.02 Å². The maximum Gasteiger partial charge on any atom is 0.191 e. The van der Waals surface area contributed by atoms with Gasteiger partial charge in [-0.1, -0.05) is 17.7 Å². The molecule has 1 aromatic carbocycles. The van der Waals surface area contributed by atoms with Gasteiger partial charge in [0.2, 0.25) is 0 Å². The topological polar surface area (TPSA) is 50.9 Å².